The van der Waals surface area contributed by atoms with Crippen molar-refractivity contribution in [1.82, 2.24) is 45.9 Å². The van der Waals surface area contributed by atoms with E-state index in [0.717, 1.165) is 265 Å². The number of hydrogen-bond donors (Lipinski definition) is 6. The van der Waals surface area contributed by atoms with Crippen LogP contribution in [0, 0.1) is 32.6 Å². The topological polar surface area (TPSA) is 262 Å². The first-order valence-corrected chi connectivity index (χ1v) is 43.8. The molecular weight excluding hydrogens is 1500 g/mol. The van der Waals surface area contributed by atoms with E-state index in [1.165, 1.54) is 0 Å². The van der Waals surface area contributed by atoms with Crippen molar-refractivity contribution < 1.29 is 28.6 Å². The number of piperazine rings is 3. The Morgan fingerprint density at radius 3 is 0.983 bits per heavy atom. The highest BCUT2D eigenvalue weighted by atomic mass is 16.5. The zero-order valence-corrected chi connectivity index (χ0v) is 73.2. The van der Waals surface area contributed by atoms with E-state index >= 15 is 0 Å². The summed E-state index contributed by atoms with van der Waals surface area (Å²) in [5, 5.41) is 10.1. The molecule has 12 heterocycles. The van der Waals surface area contributed by atoms with Crippen molar-refractivity contribution in [2.24, 2.45) is 11.8 Å². The first kappa shape index (κ1) is 87.2. The second kappa shape index (κ2) is 38.0. The molecule has 9 aromatic rings. The van der Waals surface area contributed by atoms with E-state index in [4.69, 9.17) is 29.2 Å². The van der Waals surface area contributed by atoms with Gasteiger partial charge in [0, 0.05) is 219 Å². The fraction of sp³-hybridized carbons (Fsp3) is 0.465. The van der Waals surface area contributed by atoms with Crippen LogP contribution in [-0.4, -0.2) is 143 Å². The summed E-state index contributed by atoms with van der Waals surface area (Å²) in [5.41, 5.74) is 17.9. The molecule has 6 aliphatic heterocycles. The van der Waals surface area contributed by atoms with E-state index in [0.29, 0.717) is 59.8 Å². The number of aromatic nitrogens is 6. The smallest absolute Gasteiger partial charge is 0.251 e. The van der Waals surface area contributed by atoms with Crippen LogP contribution < -0.4 is 61.5 Å². The number of carbonyl (C=O) groups is 3. The summed E-state index contributed by atoms with van der Waals surface area (Å²) in [6.07, 6.45) is 15.3. The number of aryl methyl sites for hydroxylation is 6. The Morgan fingerprint density at radius 1 is 0.425 bits per heavy atom. The summed E-state index contributed by atoms with van der Waals surface area (Å²) in [4.78, 5) is 109. The minimum atomic E-state index is -0.531. The lowest BCUT2D eigenvalue weighted by Crippen LogP contribution is -2.43. The summed E-state index contributed by atoms with van der Waals surface area (Å²) in [7, 11) is 0. The zero-order chi connectivity index (χ0) is 85.3. The number of pyridine rings is 6. The maximum absolute atomic E-state index is 13.6. The molecule has 21 nitrogen and oxygen atoms in total. The summed E-state index contributed by atoms with van der Waals surface area (Å²) >= 11 is 0. The Labute approximate surface area is 707 Å². The Morgan fingerprint density at radius 2 is 0.717 bits per heavy atom. The van der Waals surface area contributed by atoms with Crippen LogP contribution in [0.1, 0.15) is 213 Å². The highest BCUT2D eigenvalue weighted by molar-refractivity contribution is 6.00. The van der Waals surface area contributed by atoms with E-state index in [1.807, 2.05) is 114 Å². The number of carbonyl (C=O) groups excluding carboxylic acids is 3. The monoisotopic (exact) mass is 1620 g/mol. The predicted molar refractivity (Wildman–Crippen MR) is 482 cm³/mol. The summed E-state index contributed by atoms with van der Waals surface area (Å²) in [6, 6.07) is 30.4. The number of fused-ring (bicyclic) bond motifs is 3. The summed E-state index contributed by atoms with van der Waals surface area (Å²) < 4.78 is 19.8. The molecule has 3 unspecified atom stereocenters. The van der Waals surface area contributed by atoms with Gasteiger partial charge in [-0.15, -0.1) is 0 Å². The summed E-state index contributed by atoms with van der Waals surface area (Å²) in [5.74, 6) is 6.09. The maximum atomic E-state index is 13.6. The van der Waals surface area contributed by atoms with Gasteiger partial charge in [0.25, 0.3) is 16.7 Å². The predicted octanol–water partition coefficient (Wildman–Crippen LogP) is 15.7. The second-order valence-electron chi connectivity index (χ2n) is 35.1. The van der Waals surface area contributed by atoms with Gasteiger partial charge in [-0.2, -0.15) is 0 Å². The molecule has 6 N–H and O–H groups in total. The molecule has 6 aliphatic rings. The molecule has 3 aromatic carbocycles. The van der Waals surface area contributed by atoms with Crippen LogP contribution in [0.25, 0.3) is 33.4 Å². The largest absolute Gasteiger partial charge is 0.486 e. The number of anilines is 3. The highest BCUT2D eigenvalue weighted by Gasteiger charge is 2.43. The maximum Gasteiger partial charge on any atom is 0.251 e. The quantitative estimate of drug-likeness (QED) is 0.0206. The van der Waals surface area contributed by atoms with Gasteiger partial charge in [-0.3, -0.25) is 28.8 Å². The number of ketones is 3. The first-order valence-electron chi connectivity index (χ1n) is 43.8. The molecule has 0 aliphatic carbocycles. The third kappa shape index (κ3) is 19.9. The van der Waals surface area contributed by atoms with Gasteiger partial charge in [0.1, 0.15) is 51.5 Å². The molecule has 3 saturated heterocycles. The van der Waals surface area contributed by atoms with Crippen LogP contribution in [0.3, 0.4) is 0 Å². The van der Waals surface area contributed by atoms with E-state index in [1.54, 1.807) is 0 Å². The van der Waals surface area contributed by atoms with Crippen molar-refractivity contribution in [3.05, 3.63) is 237 Å². The van der Waals surface area contributed by atoms with Crippen LogP contribution in [0.15, 0.2) is 136 Å². The van der Waals surface area contributed by atoms with E-state index < -0.39 is 5.60 Å². The van der Waals surface area contributed by atoms with Crippen LogP contribution in [0.4, 0.5) is 17.5 Å². The number of ether oxygens (including phenoxy) is 3. The number of aromatic amines is 3. The van der Waals surface area contributed by atoms with Crippen LogP contribution in [0.2, 0.25) is 0 Å². The molecule has 0 spiro atoms. The third-order valence-electron chi connectivity index (χ3n) is 25.4. The fourth-order valence-electron chi connectivity index (χ4n) is 17.4. The molecule has 0 radical (unpaired) electrons. The van der Waals surface area contributed by atoms with Crippen molar-refractivity contribution in [2.75, 3.05) is 93.2 Å². The van der Waals surface area contributed by atoms with Crippen molar-refractivity contribution in [2.45, 2.75) is 210 Å². The lowest BCUT2D eigenvalue weighted by molar-refractivity contribution is 0.0649. The minimum Gasteiger partial charge on any atom is -0.486 e. The Bertz CT molecular complexity index is 5200. The van der Waals surface area contributed by atoms with Crippen molar-refractivity contribution in [3.63, 3.8) is 0 Å². The number of nitrogens with one attached hydrogen (secondary N) is 6. The molecule has 634 valence electrons. The molecule has 21 heteroatoms. The van der Waals surface area contributed by atoms with Crippen LogP contribution in [0.5, 0.6) is 17.2 Å². The fourth-order valence-corrected chi connectivity index (χ4v) is 17.4. The number of Topliss-reactive ketones (excluding diaryl/α,β-unsaturated/α-hetero) is 3. The Hall–Kier alpha value is -10.6. The third-order valence-corrected chi connectivity index (χ3v) is 25.4. The molecule has 120 heavy (non-hydrogen) atoms. The highest BCUT2D eigenvalue weighted by Crippen LogP contribution is 2.49. The number of nitrogens with zero attached hydrogens (tertiary/aromatic N) is 6. The SMILES string of the molecule is C=C(C)C1(C)Cc2cc(C(=O)CCc3c(CCC)cc(C)[nH]c3=O)cc(-c3ccc(N4CCNCC4)nc3)c2O1.CCCc1cc(C)[nH]c(=O)c1CCC(=O)c1cc2c(c(-c3ccc(N4CCNCC4)nc3)c1)OC(C)(C(C)C)C2.CCCc1cc(C)[nH]c(=O)c1CCC(=O)c1cc2c(c(-c3ccc(N4CCNCC4)nc3)c1)OC(C)(C(C)C)C2. The first-order chi connectivity index (χ1) is 57.5. The molecule has 6 aromatic heterocycles. The van der Waals surface area contributed by atoms with Crippen molar-refractivity contribution >= 4 is 34.8 Å². The van der Waals surface area contributed by atoms with Gasteiger partial charge >= 0.3 is 0 Å². The lowest BCUT2D eigenvalue weighted by Gasteiger charge is -2.29. The summed E-state index contributed by atoms with van der Waals surface area (Å²) in [6.45, 7) is 44.5. The Balaban J connectivity index is 0.000000156. The van der Waals surface area contributed by atoms with Gasteiger partial charge in [0.05, 0.1) is 0 Å². The Kier molecular flexibility index (Phi) is 27.6. The van der Waals surface area contributed by atoms with Gasteiger partial charge in [0.15, 0.2) is 17.3 Å². The second-order valence-corrected chi connectivity index (χ2v) is 35.1. The molecule has 15 rings (SSSR count). The standard InChI is InChI=1S/2C33H42N4O3.C33H40N4O3/c3*1-6-7-23-16-22(4)36-32(39)27(23)9-10-29(38)25-17-26-19-33(5,21(2)3)40-31(26)28(18-25)24-8-11-30(35-20-24)37-14-12-34-13-15-37/h2*8,11,16-18,20-21,34H,6-7,9-10,12-15,19H2,1-5H3,(H,36,39);8,11,16-18,20,34H,2,6-7,9-10,12-15,19H2,1,3-5H3,(H,36,39). The number of benzene rings is 3. The number of rotatable bonds is 27. The molecular formula is C99H124N12O9. The van der Waals surface area contributed by atoms with Crippen LogP contribution >= 0.6 is 0 Å². The molecule has 3 fully saturated rings. The van der Waals surface area contributed by atoms with E-state index in [-0.39, 0.29) is 64.5 Å². The molecule has 3 atom stereocenters. The van der Waals surface area contributed by atoms with Gasteiger partial charge in [-0.1, -0.05) is 74.3 Å². The van der Waals surface area contributed by atoms with Crippen LogP contribution in [-0.2, 0) is 57.8 Å². The number of H-pyrrole nitrogens is 3. The number of hydrogen-bond acceptors (Lipinski definition) is 18. The average Bonchev–Trinajstić information content (AvgIpc) is 1.61. The normalized spacial score (nSPS) is 18.5. The van der Waals surface area contributed by atoms with Crippen molar-refractivity contribution in [3.8, 4) is 50.6 Å². The van der Waals surface area contributed by atoms with E-state index in [2.05, 4.69) is 145 Å². The zero-order valence-electron chi connectivity index (χ0n) is 73.2. The van der Waals surface area contributed by atoms with Gasteiger partial charge < -0.3 is 59.8 Å². The molecule has 0 amide bonds. The van der Waals surface area contributed by atoms with E-state index in [9.17, 15) is 28.8 Å². The van der Waals surface area contributed by atoms with Crippen molar-refractivity contribution in [1.29, 1.82) is 0 Å². The molecule has 0 bridgehead atoms. The van der Waals surface area contributed by atoms with Gasteiger partial charge in [-0.25, -0.2) is 15.0 Å². The van der Waals surface area contributed by atoms with Gasteiger partial charge in [0.2, 0.25) is 0 Å². The van der Waals surface area contributed by atoms with Gasteiger partial charge in [-0.05, 0) is 229 Å². The average molecular weight is 1630 g/mol. The molecule has 0 saturated carbocycles. The minimum absolute atomic E-state index is 0.0146. The lowest BCUT2D eigenvalue weighted by atomic mass is 9.87.